The van der Waals surface area contributed by atoms with Crippen LogP contribution in [0.15, 0.2) is 36.4 Å². The maximum atomic E-state index is 13.8. The summed E-state index contributed by atoms with van der Waals surface area (Å²) in [4.78, 5) is 13.9. The molecule has 0 fully saturated rings. The lowest BCUT2D eigenvalue weighted by atomic mass is 10.00. The minimum atomic E-state index is -0.851. The molecule has 2 aromatic carbocycles. The Labute approximate surface area is 121 Å². The first-order valence-corrected chi connectivity index (χ1v) is 6.72. The Balaban J connectivity index is 2.06. The normalized spacial score (nSPS) is 13.9. The Morgan fingerprint density at radius 1 is 1.14 bits per heavy atom. The number of nitrogen functional groups attached to an aromatic ring is 1. The van der Waals surface area contributed by atoms with Gasteiger partial charge >= 0.3 is 0 Å². The Bertz CT molecular complexity index is 695. The van der Waals surface area contributed by atoms with Crippen LogP contribution in [0.3, 0.4) is 0 Å². The maximum Gasteiger partial charge on any atom is 0.264 e. The van der Waals surface area contributed by atoms with Gasteiger partial charge in [0.15, 0.2) is 0 Å². The van der Waals surface area contributed by atoms with Crippen molar-refractivity contribution in [2.45, 2.75) is 12.8 Å². The van der Waals surface area contributed by atoms with Gasteiger partial charge in [-0.2, -0.15) is 0 Å². The fraction of sp³-hybridized carbons (Fsp3) is 0.188. The summed E-state index contributed by atoms with van der Waals surface area (Å²) >= 11 is 0. The van der Waals surface area contributed by atoms with Gasteiger partial charge in [0.05, 0.1) is 0 Å². The lowest BCUT2D eigenvalue weighted by Crippen LogP contribution is -2.36. The van der Waals surface area contributed by atoms with E-state index in [1.165, 1.54) is 11.0 Å². The smallest absolute Gasteiger partial charge is 0.264 e. The highest BCUT2D eigenvalue weighted by molar-refractivity contribution is 6.07. The van der Waals surface area contributed by atoms with Crippen molar-refractivity contribution in [3.8, 4) is 0 Å². The summed E-state index contributed by atoms with van der Waals surface area (Å²) in [7, 11) is 0. The van der Waals surface area contributed by atoms with E-state index in [2.05, 4.69) is 0 Å². The summed E-state index contributed by atoms with van der Waals surface area (Å²) in [5.74, 6) is -2.37. The summed E-state index contributed by atoms with van der Waals surface area (Å²) in [6.07, 6.45) is 1.57. The Morgan fingerprint density at radius 2 is 1.86 bits per heavy atom. The maximum absolute atomic E-state index is 13.8. The second-order valence-electron chi connectivity index (χ2n) is 5.05. The third-order valence-electron chi connectivity index (χ3n) is 3.65. The summed E-state index contributed by atoms with van der Waals surface area (Å²) in [5.41, 5.74) is 7.34. The van der Waals surface area contributed by atoms with Crippen LogP contribution in [-0.2, 0) is 6.42 Å². The van der Waals surface area contributed by atoms with Gasteiger partial charge in [-0.15, -0.1) is 0 Å². The van der Waals surface area contributed by atoms with Gasteiger partial charge in [-0.3, -0.25) is 4.79 Å². The van der Waals surface area contributed by atoms with E-state index in [0.717, 1.165) is 30.5 Å². The second-order valence-corrected chi connectivity index (χ2v) is 5.05. The van der Waals surface area contributed by atoms with E-state index < -0.39 is 23.1 Å². The topological polar surface area (TPSA) is 46.3 Å². The molecule has 0 spiro atoms. The average Bonchev–Trinajstić information content (AvgIpc) is 2.46. The van der Waals surface area contributed by atoms with Crippen molar-refractivity contribution in [2.24, 2.45) is 0 Å². The zero-order chi connectivity index (χ0) is 15.0. The molecule has 0 radical (unpaired) electrons. The summed E-state index contributed by atoms with van der Waals surface area (Å²) < 4.78 is 27.6. The molecule has 1 heterocycles. The molecular weight excluding hydrogens is 274 g/mol. The molecule has 0 atom stereocenters. The van der Waals surface area contributed by atoms with Crippen molar-refractivity contribution in [1.29, 1.82) is 0 Å². The average molecular weight is 288 g/mol. The van der Waals surface area contributed by atoms with Crippen LogP contribution >= 0.6 is 0 Å². The fourth-order valence-corrected chi connectivity index (χ4v) is 2.64. The van der Waals surface area contributed by atoms with Gasteiger partial charge < -0.3 is 10.6 Å². The molecule has 0 saturated carbocycles. The molecule has 108 valence electrons. The molecule has 2 N–H and O–H groups in total. The summed E-state index contributed by atoms with van der Waals surface area (Å²) in [6, 6.07) is 8.69. The van der Waals surface area contributed by atoms with Crippen LogP contribution in [0.4, 0.5) is 20.2 Å². The quantitative estimate of drug-likeness (QED) is 0.819. The number of benzene rings is 2. The number of hydrogen-bond donors (Lipinski definition) is 1. The molecule has 2 aromatic rings. The molecule has 0 unspecified atom stereocenters. The number of carbonyl (C=O) groups is 1. The molecular formula is C16H14F2N2O. The molecule has 1 aliphatic heterocycles. The number of aryl methyl sites for hydroxylation is 1. The highest BCUT2D eigenvalue weighted by Crippen LogP contribution is 2.31. The first-order valence-electron chi connectivity index (χ1n) is 6.72. The number of fused-ring (bicyclic) bond motifs is 1. The molecule has 0 bridgehead atoms. The van der Waals surface area contributed by atoms with Crippen LogP contribution in [0, 0.1) is 11.6 Å². The molecule has 5 heteroatoms. The van der Waals surface area contributed by atoms with Gasteiger partial charge in [-0.1, -0.05) is 12.1 Å². The summed E-state index contributed by atoms with van der Waals surface area (Å²) in [6.45, 7) is 0.420. The van der Waals surface area contributed by atoms with Crippen LogP contribution in [0.5, 0.6) is 0 Å². The predicted octanol–water partition coefficient (Wildman–Crippen LogP) is 3.14. The number of hydrogen-bond acceptors (Lipinski definition) is 2. The van der Waals surface area contributed by atoms with Crippen LogP contribution in [0.25, 0.3) is 0 Å². The van der Waals surface area contributed by atoms with Gasteiger partial charge in [0.2, 0.25) is 0 Å². The van der Waals surface area contributed by atoms with Crippen molar-refractivity contribution in [2.75, 3.05) is 17.2 Å². The third-order valence-corrected chi connectivity index (χ3v) is 3.65. The van der Waals surface area contributed by atoms with Gasteiger partial charge in [0, 0.05) is 17.9 Å². The zero-order valence-electron chi connectivity index (χ0n) is 11.3. The van der Waals surface area contributed by atoms with E-state index >= 15 is 0 Å². The van der Waals surface area contributed by atoms with Crippen LogP contribution in [0.1, 0.15) is 22.3 Å². The van der Waals surface area contributed by atoms with Crippen LogP contribution in [-0.4, -0.2) is 12.5 Å². The van der Waals surface area contributed by atoms with Gasteiger partial charge in [-0.25, -0.2) is 8.78 Å². The monoisotopic (exact) mass is 288 g/mol. The molecule has 3 rings (SSSR count). The van der Waals surface area contributed by atoms with E-state index in [9.17, 15) is 13.6 Å². The van der Waals surface area contributed by atoms with Crippen molar-refractivity contribution < 1.29 is 13.6 Å². The van der Waals surface area contributed by atoms with Gasteiger partial charge in [0.25, 0.3) is 5.91 Å². The molecule has 0 aromatic heterocycles. The number of carbonyl (C=O) groups excluding carboxylic acids is 1. The number of anilines is 2. The number of halogens is 2. The second kappa shape index (κ2) is 5.16. The number of rotatable bonds is 1. The first kappa shape index (κ1) is 13.5. The SMILES string of the molecule is Nc1ccc2c(c1)N(C(=O)c1c(F)cccc1F)CCC2. The van der Waals surface area contributed by atoms with E-state index in [1.807, 2.05) is 6.07 Å². The number of nitrogens with two attached hydrogens (primary N) is 1. The molecule has 0 saturated heterocycles. The number of amides is 1. The van der Waals surface area contributed by atoms with E-state index in [4.69, 9.17) is 5.73 Å². The predicted molar refractivity (Wildman–Crippen MR) is 77.2 cm³/mol. The largest absolute Gasteiger partial charge is 0.399 e. The van der Waals surface area contributed by atoms with Gasteiger partial charge in [0.1, 0.15) is 17.2 Å². The van der Waals surface area contributed by atoms with Crippen molar-refractivity contribution in [3.63, 3.8) is 0 Å². The van der Waals surface area contributed by atoms with Crippen molar-refractivity contribution >= 4 is 17.3 Å². The molecule has 3 nitrogen and oxygen atoms in total. The van der Waals surface area contributed by atoms with Crippen molar-refractivity contribution in [1.82, 2.24) is 0 Å². The molecule has 1 aliphatic rings. The van der Waals surface area contributed by atoms with E-state index in [1.54, 1.807) is 12.1 Å². The van der Waals surface area contributed by atoms with Gasteiger partial charge in [-0.05, 0) is 42.7 Å². The van der Waals surface area contributed by atoms with Crippen molar-refractivity contribution in [3.05, 3.63) is 59.2 Å². The van der Waals surface area contributed by atoms with E-state index in [0.29, 0.717) is 17.9 Å². The third kappa shape index (κ3) is 2.35. The Morgan fingerprint density at radius 3 is 2.57 bits per heavy atom. The minimum absolute atomic E-state index is 0.420. The standard InChI is InChI=1S/C16H14F2N2O/c17-12-4-1-5-13(18)15(12)16(21)20-8-2-3-10-6-7-11(19)9-14(10)20/h1,4-7,9H,2-3,8,19H2. The Kier molecular flexibility index (Phi) is 3.33. The Hall–Kier alpha value is -2.43. The number of nitrogens with zero attached hydrogens (tertiary/aromatic N) is 1. The lowest BCUT2D eigenvalue weighted by Gasteiger charge is -2.30. The lowest BCUT2D eigenvalue weighted by molar-refractivity contribution is 0.0977. The highest BCUT2D eigenvalue weighted by Gasteiger charge is 2.27. The van der Waals surface area contributed by atoms with Crippen LogP contribution in [0.2, 0.25) is 0 Å². The molecule has 21 heavy (non-hydrogen) atoms. The zero-order valence-corrected chi connectivity index (χ0v) is 11.3. The molecule has 0 aliphatic carbocycles. The fourth-order valence-electron chi connectivity index (χ4n) is 2.64. The first-order chi connectivity index (χ1) is 10.1. The minimum Gasteiger partial charge on any atom is -0.399 e. The van der Waals surface area contributed by atoms with E-state index in [-0.39, 0.29) is 0 Å². The highest BCUT2D eigenvalue weighted by atomic mass is 19.1. The van der Waals surface area contributed by atoms with Crippen LogP contribution < -0.4 is 10.6 Å². The molecule has 1 amide bonds. The summed E-state index contributed by atoms with van der Waals surface area (Å²) in [5, 5.41) is 0.